The molecule has 0 saturated carbocycles. The molecule has 3 nitrogen and oxygen atoms in total. The fraction of sp³-hybridized carbons (Fsp3) is 0.111. The molecule has 0 aliphatic carbocycles. The standard InChI is InChI=1S/C18H15BrN2OS/c1-11-7-12(2)9-15(8-11)20-18-21-17(22)16(23-18)10-13-3-5-14(19)6-4-13/h3-10H,1-2H3,(H,20,21,22)/b16-10+. The molecule has 2 aromatic rings. The Kier molecular flexibility index (Phi) is 4.68. The number of amides is 1. The van der Waals surface area contributed by atoms with Crippen LogP contribution in [-0.4, -0.2) is 11.1 Å². The molecule has 0 atom stereocenters. The Morgan fingerprint density at radius 2 is 1.74 bits per heavy atom. The molecule has 116 valence electrons. The number of carbonyl (C=O) groups is 1. The van der Waals surface area contributed by atoms with E-state index in [0.29, 0.717) is 10.1 Å². The zero-order chi connectivity index (χ0) is 16.4. The summed E-state index contributed by atoms with van der Waals surface area (Å²) in [4.78, 5) is 17.3. The van der Waals surface area contributed by atoms with Gasteiger partial charge < -0.3 is 5.32 Å². The van der Waals surface area contributed by atoms with E-state index in [0.717, 1.165) is 26.9 Å². The number of rotatable bonds is 2. The summed E-state index contributed by atoms with van der Waals surface area (Å²) in [7, 11) is 0. The molecular formula is C18H15BrN2OS. The lowest BCUT2D eigenvalue weighted by Crippen LogP contribution is -2.19. The summed E-state index contributed by atoms with van der Waals surface area (Å²) in [6.07, 6.45) is 1.87. The highest BCUT2D eigenvalue weighted by Gasteiger charge is 2.23. The third kappa shape index (κ3) is 4.12. The maximum atomic E-state index is 12.1. The fourth-order valence-corrected chi connectivity index (χ4v) is 3.43. The van der Waals surface area contributed by atoms with Crippen LogP contribution in [0.25, 0.3) is 6.08 Å². The minimum Gasteiger partial charge on any atom is -0.300 e. The molecule has 1 saturated heterocycles. The van der Waals surface area contributed by atoms with Gasteiger partial charge in [0.25, 0.3) is 5.91 Å². The SMILES string of the molecule is Cc1cc(C)cc(N=C2NC(=O)/C(=C\c3ccc(Br)cc3)S2)c1. The van der Waals surface area contributed by atoms with Gasteiger partial charge in [0, 0.05) is 4.47 Å². The van der Waals surface area contributed by atoms with Gasteiger partial charge in [0.05, 0.1) is 10.6 Å². The first kappa shape index (κ1) is 16.0. The van der Waals surface area contributed by atoms with Crippen molar-refractivity contribution < 1.29 is 4.79 Å². The number of hydrogen-bond acceptors (Lipinski definition) is 3. The third-order valence-corrected chi connectivity index (χ3v) is 4.69. The molecular weight excluding hydrogens is 372 g/mol. The second-order valence-electron chi connectivity index (χ2n) is 5.38. The fourth-order valence-electron chi connectivity index (χ4n) is 2.32. The zero-order valence-electron chi connectivity index (χ0n) is 12.8. The lowest BCUT2D eigenvalue weighted by molar-refractivity contribution is -0.115. The number of hydrogen-bond donors (Lipinski definition) is 1. The van der Waals surface area contributed by atoms with Gasteiger partial charge in [-0.3, -0.25) is 4.79 Å². The van der Waals surface area contributed by atoms with Crippen molar-refractivity contribution in [3.63, 3.8) is 0 Å². The van der Waals surface area contributed by atoms with E-state index >= 15 is 0 Å². The van der Waals surface area contributed by atoms with Crippen molar-refractivity contribution in [3.05, 3.63) is 68.5 Å². The van der Waals surface area contributed by atoms with Crippen LogP contribution in [0.15, 0.2) is 56.8 Å². The van der Waals surface area contributed by atoms with Gasteiger partial charge in [-0.1, -0.05) is 34.1 Å². The molecule has 2 aromatic carbocycles. The van der Waals surface area contributed by atoms with Crippen molar-refractivity contribution in [2.75, 3.05) is 0 Å². The van der Waals surface area contributed by atoms with Crippen molar-refractivity contribution >= 4 is 50.5 Å². The van der Waals surface area contributed by atoms with E-state index in [1.54, 1.807) is 0 Å². The number of carbonyl (C=O) groups excluding carboxylic acids is 1. The Hall–Kier alpha value is -1.85. The van der Waals surface area contributed by atoms with Gasteiger partial charge in [0.15, 0.2) is 5.17 Å². The second-order valence-corrected chi connectivity index (χ2v) is 7.33. The molecule has 1 heterocycles. The zero-order valence-corrected chi connectivity index (χ0v) is 15.2. The largest absolute Gasteiger partial charge is 0.300 e. The summed E-state index contributed by atoms with van der Waals surface area (Å²) in [6.45, 7) is 4.08. The molecule has 23 heavy (non-hydrogen) atoms. The smallest absolute Gasteiger partial charge is 0.264 e. The lowest BCUT2D eigenvalue weighted by Gasteiger charge is -2.00. The average molecular weight is 387 g/mol. The van der Waals surface area contributed by atoms with Gasteiger partial charge in [-0.05, 0) is 72.6 Å². The maximum Gasteiger partial charge on any atom is 0.264 e. The van der Waals surface area contributed by atoms with E-state index in [2.05, 4.69) is 32.3 Å². The van der Waals surface area contributed by atoms with Crippen molar-refractivity contribution in [2.24, 2.45) is 4.99 Å². The topological polar surface area (TPSA) is 41.5 Å². The summed E-state index contributed by atoms with van der Waals surface area (Å²) in [5.74, 6) is -0.110. The van der Waals surface area contributed by atoms with Crippen LogP contribution in [0.2, 0.25) is 0 Å². The minimum absolute atomic E-state index is 0.110. The molecule has 1 N–H and O–H groups in total. The molecule has 1 fully saturated rings. The average Bonchev–Trinajstić information content (AvgIpc) is 2.80. The van der Waals surface area contributed by atoms with Gasteiger partial charge >= 0.3 is 0 Å². The maximum absolute atomic E-state index is 12.1. The highest BCUT2D eigenvalue weighted by molar-refractivity contribution is 9.10. The van der Waals surface area contributed by atoms with Gasteiger partial charge in [-0.15, -0.1) is 0 Å². The molecule has 0 aromatic heterocycles. The molecule has 5 heteroatoms. The Morgan fingerprint density at radius 3 is 2.39 bits per heavy atom. The number of aryl methyl sites for hydroxylation is 2. The predicted octanol–water partition coefficient (Wildman–Crippen LogP) is 4.96. The summed E-state index contributed by atoms with van der Waals surface area (Å²) in [5.41, 5.74) is 4.15. The number of amidine groups is 1. The van der Waals surface area contributed by atoms with Crippen molar-refractivity contribution in [3.8, 4) is 0 Å². The molecule has 1 aliphatic heterocycles. The first-order chi connectivity index (χ1) is 11.0. The quantitative estimate of drug-likeness (QED) is 0.741. The van der Waals surface area contributed by atoms with E-state index in [4.69, 9.17) is 0 Å². The molecule has 1 amide bonds. The monoisotopic (exact) mass is 386 g/mol. The molecule has 1 aliphatic rings. The van der Waals surface area contributed by atoms with Crippen LogP contribution in [0.3, 0.4) is 0 Å². The van der Waals surface area contributed by atoms with Crippen LogP contribution in [0, 0.1) is 13.8 Å². The van der Waals surface area contributed by atoms with E-state index in [1.165, 1.54) is 11.8 Å². The van der Waals surface area contributed by atoms with Crippen LogP contribution in [0.4, 0.5) is 5.69 Å². The summed E-state index contributed by atoms with van der Waals surface area (Å²) >= 11 is 4.77. The van der Waals surface area contributed by atoms with Gasteiger partial charge in [0.2, 0.25) is 0 Å². The van der Waals surface area contributed by atoms with Gasteiger partial charge in [-0.2, -0.15) is 0 Å². The highest BCUT2D eigenvalue weighted by atomic mass is 79.9. The van der Waals surface area contributed by atoms with E-state index in [1.807, 2.05) is 56.3 Å². The van der Waals surface area contributed by atoms with E-state index in [9.17, 15) is 4.79 Å². The highest BCUT2D eigenvalue weighted by Crippen LogP contribution is 2.28. The van der Waals surface area contributed by atoms with E-state index < -0.39 is 0 Å². The van der Waals surface area contributed by atoms with Crippen LogP contribution in [0.5, 0.6) is 0 Å². The second kappa shape index (κ2) is 6.72. The molecule has 0 radical (unpaired) electrons. The summed E-state index contributed by atoms with van der Waals surface area (Å²) < 4.78 is 1.01. The Bertz CT molecular complexity index is 805. The summed E-state index contributed by atoms with van der Waals surface area (Å²) in [5, 5.41) is 3.43. The number of benzene rings is 2. The number of nitrogens with one attached hydrogen (secondary N) is 1. The normalized spacial score (nSPS) is 17.8. The molecule has 0 unspecified atom stereocenters. The number of halogens is 1. The van der Waals surface area contributed by atoms with E-state index in [-0.39, 0.29) is 5.91 Å². The predicted molar refractivity (Wildman–Crippen MR) is 101 cm³/mol. The third-order valence-electron chi connectivity index (χ3n) is 3.26. The van der Waals surface area contributed by atoms with Gasteiger partial charge in [0.1, 0.15) is 0 Å². The van der Waals surface area contributed by atoms with Crippen LogP contribution in [0.1, 0.15) is 16.7 Å². The van der Waals surface area contributed by atoms with Crippen LogP contribution in [-0.2, 0) is 4.79 Å². The lowest BCUT2D eigenvalue weighted by atomic mass is 10.1. The Balaban J connectivity index is 1.84. The van der Waals surface area contributed by atoms with Crippen LogP contribution >= 0.6 is 27.7 Å². The number of aliphatic imine (C=N–C) groups is 1. The van der Waals surface area contributed by atoms with Crippen LogP contribution < -0.4 is 5.32 Å². The first-order valence-corrected chi connectivity index (χ1v) is 8.74. The van der Waals surface area contributed by atoms with Crippen molar-refractivity contribution in [1.29, 1.82) is 0 Å². The molecule has 0 bridgehead atoms. The Morgan fingerprint density at radius 1 is 1.09 bits per heavy atom. The molecule has 3 rings (SSSR count). The molecule has 0 spiro atoms. The first-order valence-electron chi connectivity index (χ1n) is 7.13. The minimum atomic E-state index is -0.110. The summed E-state index contributed by atoms with van der Waals surface area (Å²) in [6, 6.07) is 13.9. The van der Waals surface area contributed by atoms with Crippen molar-refractivity contribution in [2.45, 2.75) is 13.8 Å². The Labute approximate surface area is 148 Å². The number of thioether (sulfide) groups is 1. The van der Waals surface area contributed by atoms with Crippen molar-refractivity contribution in [1.82, 2.24) is 5.32 Å². The number of nitrogens with zero attached hydrogens (tertiary/aromatic N) is 1. The van der Waals surface area contributed by atoms with Gasteiger partial charge in [-0.25, -0.2) is 4.99 Å².